The molecule has 0 bridgehead atoms. The van der Waals surface area contributed by atoms with Gasteiger partial charge in [0.2, 0.25) is 5.88 Å². The predicted octanol–water partition coefficient (Wildman–Crippen LogP) is 3.08. The van der Waals surface area contributed by atoms with Crippen molar-refractivity contribution < 1.29 is 14.2 Å². The lowest BCUT2D eigenvalue weighted by Gasteiger charge is -2.13. The van der Waals surface area contributed by atoms with Crippen LogP contribution in [0.1, 0.15) is 18.9 Å². The Morgan fingerprint density at radius 1 is 1.15 bits per heavy atom. The second kappa shape index (κ2) is 11.7. The van der Waals surface area contributed by atoms with Crippen molar-refractivity contribution in [3.63, 3.8) is 0 Å². The zero-order valence-electron chi connectivity index (χ0n) is 16.2. The summed E-state index contributed by atoms with van der Waals surface area (Å²) in [5.74, 6) is 2.10. The summed E-state index contributed by atoms with van der Waals surface area (Å²) in [6.07, 6.45) is 2.59. The molecule has 0 saturated carbocycles. The Morgan fingerprint density at radius 3 is 2.81 bits per heavy atom. The van der Waals surface area contributed by atoms with Crippen molar-refractivity contribution in [2.75, 3.05) is 39.3 Å². The number of methoxy groups -OCH3 is 1. The zero-order chi connectivity index (χ0) is 19.3. The minimum atomic E-state index is 0.594. The molecule has 146 valence electrons. The van der Waals surface area contributed by atoms with Crippen molar-refractivity contribution in [3.8, 4) is 11.6 Å². The highest BCUT2D eigenvalue weighted by atomic mass is 16.5. The minimum Gasteiger partial charge on any atom is -0.493 e. The zero-order valence-corrected chi connectivity index (χ0v) is 16.2. The van der Waals surface area contributed by atoms with Gasteiger partial charge in [-0.1, -0.05) is 6.07 Å². The average molecular weight is 372 g/mol. The summed E-state index contributed by atoms with van der Waals surface area (Å²) in [5.41, 5.74) is 1.96. The van der Waals surface area contributed by atoms with Gasteiger partial charge in [0, 0.05) is 57.7 Å². The molecule has 0 aliphatic carbocycles. The lowest BCUT2D eigenvalue weighted by molar-refractivity contribution is 0.172. The van der Waals surface area contributed by atoms with Gasteiger partial charge < -0.3 is 24.8 Å². The summed E-state index contributed by atoms with van der Waals surface area (Å²) < 4.78 is 16.2. The number of benzene rings is 1. The Hall–Kier alpha value is -2.80. The van der Waals surface area contributed by atoms with E-state index in [9.17, 15) is 0 Å². The van der Waals surface area contributed by atoms with Crippen LogP contribution < -0.4 is 20.1 Å². The fourth-order valence-electron chi connectivity index (χ4n) is 2.35. The molecule has 2 aromatic rings. The Kier molecular flexibility index (Phi) is 8.92. The summed E-state index contributed by atoms with van der Waals surface area (Å²) in [6.45, 7) is 4.45. The maximum atomic E-state index is 5.73. The van der Waals surface area contributed by atoms with Gasteiger partial charge in [-0.05, 0) is 30.7 Å². The first-order valence-corrected chi connectivity index (χ1v) is 9.02. The first-order valence-electron chi connectivity index (χ1n) is 9.02. The van der Waals surface area contributed by atoms with Gasteiger partial charge in [-0.3, -0.25) is 4.99 Å². The monoisotopic (exact) mass is 372 g/mol. The van der Waals surface area contributed by atoms with Gasteiger partial charge in [0.1, 0.15) is 5.75 Å². The normalized spacial score (nSPS) is 11.1. The maximum absolute atomic E-state index is 5.73. The van der Waals surface area contributed by atoms with Crippen molar-refractivity contribution in [3.05, 3.63) is 48.2 Å². The van der Waals surface area contributed by atoms with Crippen LogP contribution in [-0.2, 0) is 11.3 Å². The van der Waals surface area contributed by atoms with Crippen molar-refractivity contribution in [2.45, 2.75) is 19.9 Å². The molecule has 1 aromatic heterocycles. The Bertz CT molecular complexity index is 722. The van der Waals surface area contributed by atoms with Crippen LogP contribution in [0, 0.1) is 0 Å². The number of nitrogens with one attached hydrogen (secondary N) is 2. The van der Waals surface area contributed by atoms with E-state index in [1.165, 1.54) is 0 Å². The number of ether oxygens (including phenoxy) is 3. The molecule has 0 radical (unpaired) electrons. The quantitative estimate of drug-likeness (QED) is 0.379. The Labute approximate surface area is 160 Å². The van der Waals surface area contributed by atoms with Crippen LogP contribution in [0.3, 0.4) is 0 Å². The summed E-state index contributed by atoms with van der Waals surface area (Å²) in [7, 11) is 3.42. The molecule has 7 heteroatoms. The standard InChI is InChI=1S/C20H28N4O3/c1-4-26-19-13-16(9-10-22-19)15-23-20(21-2)24-17-7-5-8-18(14-17)27-12-6-11-25-3/h5,7-10,13-14H,4,6,11-12,15H2,1-3H3,(H2,21,23,24). The van der Waals surface area contributed by atoms with Crippen molar-refractivity contribution in [1.82, 2.24) is 10.3 Å². The molecular formula is C20H28N4O3. The second-order valence-electron chi connectivity index (χ2n) is 5.71. The third-order valence-corrected chi connectivity index (χ3v) is 3.63. The molecule has 1 heterocycles. The average Bonchev–Trinajstić information content (AvgIpc) is 2.69. The van der Waals surface area contributed by atoms with E-state index in [0.717, 1.165) is 23.4 Å². The van der Waals surface area contributed by atoms with Crippen LogP contribution in [0.2, 0.25) is 0 Å². The molecule has 0 spiro atoms. The highest BCUT2D eigenvalue weighted by molar-refractivity contribution is 5.93. The lowest BCUT2D eigenvalue weighted by Crippen LogP contribution is -2.30. The number of nitrogens with zero attached hydrogens (tertiary/aromatic N) is 2. The highest BCUT2D eigenvalue weighted by Crippen LogP contribution is 2.17. The molecule has 7 nitrogen and oxygen atoms in total. The Balaban J connectivity index is 1.88. The number of hydrogen-bond donors (Lipinski definition) is 2. The van der Waals surface area contributed by atoms with Crippen LogP contribution in [-0.4, -0.2) is 44.9 Å². The lowest BCUT2D eigenvalue weighted by atomic mass is 10.2. The van der Waals surface area contributed by atoms with Crippen molar-refractivity contribution >= 4 is 11.6 Å². The second-order valence-corrected chi connectivity index (χ2v) is 5.71. The van der Waals surface area contributed by atoms with Crippen LogP contribution in [0.4, 0.5) is 5.69 Å². The van der Waals surface area contributed by atoms with Crippen LogP contribution in [0.15, 0.2) is 47.6 Å². The first-order chi connectivity index (χ1) is 13.2. The smallest absolute Gasteiger partial charge is 0.213 e. The molecule has 0 aliphatic heterocycles. The van der Waals surface area contributed by atoms with Crippen LogP contribution >= 0.6 is 0 Å². The maximum Gasteiger partial charge on any atom is 0.213 e. The van der Waals surface area contributed by atoms with Gasteiger partial charge in [-0.15, -0.1) is 0 Å². The molecule has 2 rings (SSSR count). The van der Waals surface area contributed by atoms with E-state index < -0.39 is 0 Å². The fourth-order valence-corrected chi connectivity index (χ4v) is 2.35. The topological polar surface area (TPSA) is 77.0 Å². The van der Waals surface area contributed by atoms with E-state index in [4.69, 9.17) is 14.2 Å². The molecule has 27 heavy (non-hydrogen) atoms. The number of anilines is 1. The highest BCUT2D eigenvalue weighted by Gasteiger charge is 2.03. The molecule has 0 saturated heterocycles. The summed E-state index contributed by atoms with van der Waals surface area (Å²) in [6, 6.07) is 11.6. The van der Waals surface area contributed by atoms with Gasteiger partial charge in [0.05, 0.1) is 13.2 Å². The summed E-state index contributed by atoms with van der Waals surface area (Å²) >= 11 is 0. The van der Waals surface area contributed by atoms with E-state index in [-0.39, 0.29) is 0 Å². The fraction of sp³-hybridized carbons (Fsp3) is 0.400. The van der Waals surface area contributed by atoms with Gasteiger partial charge in [-0.25, -0.2) is 4.98 Å². The van der Waals surface area contributed by atoms with Crippen LogP contribution in [0.5, 0.6) is 11.6 Å². The molecule has 0 atom stereocenters. The number of aromatic nitrogens is 1. The molecule has 0 amide bonds. The summed E-state index contributed by atoms with van der Waals surface area (Å²) in [5, 5.41) is 6.55. The van der Waals surface area contributed by atoms with Crippen LogP contribution in [0.25, 0.3) is 0 Å². The number of aliphatic imine (C=N–C) groups is 1. The summed E-state index contributed by atoms with van der Waals surface area (Å²) in [4.78, 5) is 8.44. The molecule has 0 unspecified atom stereocenters. The molecular weight excluding hydrogens is 344 g/mol. The van der Waals surface area contributed by atoms with Gasteiger partial charge in [-0.2, -0.15) is 0 Å². The Morgan fingerprint density at radius 2 is 2.04 bits per heavy atom. The van der Waals surface area contributed by atoms with Gasteiger partial charge in [0.25, 0.3) is 0 Å². The third kappa shape index (κ3) is 7.53. The van der Waals surface area contributed by atoms with Crippen molar-refractivity contribution in [2.24, 2.45) is 4.99 Å². The number of hydrogen-bond acceptors (Lipinski definition) is 5. The van der Waals surface area contributed by atoms with E-state index in [1.54, 1.807) is 20.4 Å². The van der Waals surface area contributed by atoms with Crippen molar-refractivity contribution in [1.29, 1.82) is 0 Å². The van der Waals surface area contributed by atoms with Gasteiger partial charge in [0.15, 0.2) is 5.96 Å². The molecule has 1 aromatic carbocycles. The van der Waals surface area contributed by atoms with E-state index >= 15 is 0 Å². The van der Waals surface area contributed by atoms with E-state index in [2.05, 4.69) is 20.6 Å². The first kappa shape index (κ1) is 20.5. The third-order valence-electron chi connectivity index (χ3n) is 3.63. The molecule has 2 N–H and O–H groups in total. The number of pyridine rings is 1. The SMILES string of the molecule is CCOc1cc(CNC(=NC)Nc2cccc(OCCCOC)c2)ccn1. The molecule has 0 aliphatic rings. The largest absolute Gasteiger partial charge is 0.493 e. The predicted molar refractivity (Wildman–Crippen MR) is 108 cm³/mol. The van der Waals surface area contributed by atoms with E-state index in [1.807, 2.05) is 43.3 Å². The van der Waals surface area contributed by atoms with E-state index in [0.29, 0.717) is 38.2 Å². The number of guanidine groups is 1. The number of rotatable bonds is 10. The van der Waals surface area contributed by atoms with Gasteiger partial charge >= 0.3 is 0 Å². The molecule has 0 fully saturated rings. The minimum absolute atomic E-state index is 0.594.